The lowest BCUT2D eigenvalue weighted by Crippen LogP contribution is -2.00. The molecule has 2 N–H and O–H groups in total. The van der Waals surface area contributed by atoms with E-state index in [-0.39, 0.29) is 0 Å². The third-order valence-electron chi connectivity index (χ3n) is 1.49. The summed E-state index contributed by atoms with van der Waals surface area (Å²) in [5, 5.41) is 3.95. The molecule has 0 aliphatic carbocycles. The van der Waals surface area contributed by atoms with E-state index in [1.165, 1.54) is 6.33 Å². The van der Waals surface area contributed by atoms with Crippen LogP contribution < -0.4 is 5.73 Å². The van der Waals surface area contributed by atoms with Crippen molar-refractivity contribution in [2.75, 3.05) is 5.73 Å². The zero-order valence-corrected chi connectivity index (χ0v) is 6.25. The van der Waals surface area contributed by atoms with Crippen LogP contribution in [-0.4, -0.2) is 19.7 Å². The number of hydrogen-bond donors (Lipinski definition) is 1. The normalized spacial score (nSPS) is 10.0. The summed E-state index contributed by atoms with van der Waals surface area (Å²) in [5.41, 5.74) is 7.04. The van der Waals surface area contributed by atoms with E-state index in [1.54, 1.807) is 29.5 Å². The molecule has 0 aromatic carbocycles. The van der Waals surface area contributed by atoms with Crippen LogP contribution in [0.25, 0.3) is 5.69 Å². The SMILES string of the molecule is Nc1cnccc1-n1cncn1. The van der Waals surface area contributed by atoms with Crippen LogP contribution in [0.3, 0.4) is 0 Å². The molecule has 2 rings (SSSR count). The predicted molar refractivity (Wildman–Crippen MR) is 43.6 cm³/mol. The van der Waals surface area contributed by atoms with Gasteiger partial charge in [0.05, 0.1) is 17.6 Å². The zero-order valence-electron chi connectivity index (χ0n) is 6.25. The van der Waals surface area contributed by atoms with E-state index in [9.17, 15) is 0 Å². The lowest BCUT2D eigenvalue weighted by Gasteiger charge is -2.01. The van der Waals surface area contributed by atoms with E-state index in [2.05, 4.69) is 15.1 Å². The first-order valence-electron chi connectivity index (χ1n) is 3.42. The Morgan fingerprint density at radius 3 is 2.92 bits per heavy atom. The summed E-state index contributed by atoms with van der Waals surface area (Å²) in [4.78, 5) is 7.68. The highest BCUT2D eigenvalue weighted by atomic mass is 15.3. The summed E-state index contributed by atoms with van der Waals surface area (Å²) in [6, 6.07) is 1.78. The van der Waals surface area contributed by atoms with Crippen LogP contribution >= 0.6 is 0 Å². The second kappa shape index (κ2) is 2.61. The van der Waals surface area contributed by atoms with Crippen molar-refractivity contribution >= 4 is 5.69 Å². The number of aromatic nitrogens is 4. The zero-order chi connectivity index (χ0) is 8.39. The lowest BCUT2D eigenvalue weighted by atomic mass is 10.3. The third kappa shape index (κ3) is 1.01. The summed E-state index contributed by atoms with van der Waals surface area (Å²) in [6.45, 7) is 0. The molecule has 0 atom stereocenters. The van der Waals surface area contributed by atoms with Gasteiger partial charge in [-0.15, -0.1) is 0 Å². The first kappa shape index (κ1) is 6.78. The average Bonchev–Trinajstić information content (AvgIpc) is 2.57. The number of pyridine rings is 1. The molecule has 0 saturated heterocycles. The van der Waals surface area contributed by atoms with Crippen molar-refractivity contribution in [3.63, 3.8) is 0 Å². The fourth-order valence-electron chi connectivity index (χ4n) is 0.941. The molecule has 2 aromatic rings. The van der Waals surface area contributed by atoms with Crippen molar-refractivity contribution in [3.05, 3.63) is 31.1 Å². The molecule has 12 heavy (non-hydrogen) atoms. The minimum absolute atomic E-state index is 0.586. The van der Waals surface area contributed by atoms with E-state index in [4.69, 9.17) is 5.73 Å². The van der Waals surface area contributed by atoms with Crippen LogP contribution in [0.2, 0.25) is 0 Å². The summed E-state index contributed by atoms with van der Waals surface area (Å²) < 4.78 is 1.59. The second-order valence-electron chi connectivity index (χ2n) is 2.27. The first-order chi connectivity index (χ1) is 5.88. The first-order valence-corrected chi connectivity index (χ1v) is 3.42. The molecule has 0 spiro atoms. The van der Waals surface area contributed by atoms with Gasteiger partial charge in [0, 0.05) is 6.20 Å². The largest absolute Gasteiger partial charge is 0.396 e. The number of nitrogen functional groups attached to an aromatic ring is 1. The Balaban J connectivity index is 2.55. The van der Waals surface area contributed by atoms with Crippen molar-refractivity contribution in [3.8, 4) is 5.69 Å². The minimum atomic E-state index is 0.586. The number of nitrogens with zero attached hydrogens (tertiary/aromatic N) is 4. The number of nitrogens with two attached hydrogens (primary N) is 1. The van der Waals surface area contributed by atoms with Crippen LogP contribution in [-0.2, 0) is 0 Å². The molecule has 0 radical (unpaired) electrons. The van der Waals surface area contributed by atoms with Gasteiger partial charge in [0.15, 0.2) is 0 Å². The van der Waals surface area contributed by atoms with Gasteiger partial charge in [0.1, 0.15) is 12.7 Å². The molecule has 0 amide bonds. The van der Waals surface area contributed by atoms with Gasteiger partial charge in [-0.25, -0.2) is 9.67 Å². The second-order valence-corrected chi connectivity index (χ2v) is 2.27. The van der Waals surface area contributed by atoms with Crippen LogP contribution in [0, 0.1) is 0 Å². The van der Waals surface area contributed by atoms with Crippen LogP contribution in [0.1, 0.15) is 0 Å². The van der Waals surface area contributed by atoms with Crippen LogP contribution in [0.15, 0.2) is 31.1 Å². The van der Waals surface area contributed by atoms with Crippen molar-refractivity contribution < 1.29 is 0 Å². The van der Waals surface area contributed by atoms with Gasteiger partial charge in [-0.1, -0.05) is 0 Å². The Labute approximate surface area is 68.9 Å². The molecule has 0 aliphatic rings. The van der Waals surface area contributed by atoms with Gasteiger partial charge in [-0.2, -0.15) is 5.10 Å². The monoisotopic (exact) mass is 161 g/mol. The van der Waals surface area contributed by atoms with E-state index in [1.807, 2.05) is 0 Å². The van der Waals surface area contributed by atoms with Gasteiger partial charge >= 0.3 is 0 Å². The van der Waals surface area contributed by atoms with E-state index in [0.717, 1.165) is 5.69 Å². The summed E-state index contributed by atoms with van der Waals surface area (Å²) in [5.74, 6) is 0. The van der Waals surface area contributed by atoms with Gasteiger partial charge in [0.2, 0.25) is 0 Å². The molecule has 2 aromatic heterocycles. The third-order valence-corrected chi connectivity index (χ3v) is 1.49. The fourth-order valence-corrected chi connectivity index (χ4v) is 0.941. The van der Waals surface area contributed by atoms with Crippen molar-refractivity contribution in [2.24, 2.45) is 0 Å². The molecule has 2 heterocycles. The van der Waals surface area contributed by atoms with Gasteiger partial charge < -0.3 is 5.73 Å². The number of rotatable bonds is 1. The highest BCUT2D eigenvalue weighted by Crippen LogP contribution is 2.11. The number of hydrogen-bond acceptors (Lipinski definition) is 4. The molecule has 0 bridgehead atoms. The molecule has 0 fully saturated rings. The maximum atomic E-state index is 5.66. The van der Waals surface area contributed by atoms with Crippen LogP contribution in [0.5, 0.6) is 0 Å². The Kier molecular flexibility index (Phi) is 1.48. The van der Waals surface area contributed by atoms with Gasteiger partial charge in [-0.3, -0.25) is 4.98 Å². The Bertz CT molecular complexity index is 367. The smallest absolute Gasteiger partial charge is 0.138 e. The van der Waals surface area contributed by atoms with Crippen molar-refractivity contribution in [1.82, 2.24) is 19.7 Å². The maximum absolute atomic E-state index is 5.66. The van der Waals surface area contributed by atoms with E-state index < -0.39 is 0 Å². The van der Waals surface area contributed by atoms with E-state index in [0.29, 0.717) is 5.69 Å². The standard InChI is InChI=1S/C7H7N5/c8-6-3-9-2-1-7(6)12-5-10-4-11-12/h1-5H,8H2. The highest BCUT2D eigenvalue weighted by Gasteiger charge is 1.99. The van der Waals surface area contributed by atoms with Gasteiger partial charge in [-0.05, 0) is 6.07 Å². The molecule has 5 heteroatoms. The minimum Gasteiger partial charge on any atom is -0.396 e. The summed E-state index contributed by atoms with van der Waals surface area (Å²) in [7, 11) is 0. The quantitative estimate of drug-likeness (QED) is 0.650. The topological polar surface area (TPSA) is 69.6 Å². The molecule has 5 nitrogen and oxygen atoms in total. The Morgan fingerprint density at radius 1 is 1.33 bits per heavy atom. The highest BCUT2D eigenvalue weighted by molar-refractivity contribution is 5.54. The lowest BCUT2D eigenvalue weighted by molar-refractivity contribution is 0.879. The van der Waals surface area contributed by atoms with Crippen LogP contribution in [0.4, 0.5) is 5.69 Å². The van der Waals surface area contributed by atoms with Crippen molar-refractivity contribution in [2.45, 2.75) is 0 Å². The Morgan fingerprint density at radius 2 is 2.25 bits per heavy atom. The molecular weight excluding hydrogens is 154 g/mol. The van der Waals surface area contributed by atoms with Crippen molar-refractivity contribution in [1.29, 1.82) is 0 Å². The molecular formula is C7H7N5. The maximum Gasteiger partial charge on any atom is 0.138 e. The molecule has 0 unspecified atom stereocenters. The molecule has 60 valence electrons. The average molecular weight is 161 g/mol. The van der Waals surface area contributed by atoms with E-state index >= 15 is 0 Å². The Hall–Kier alpha value is -1.91. The summed E-state index contributed by atoms with van der Waals surface area (Å²) in [6.07, 6.45) is 6.29. The molecule has 0 aliphatic heterocycles. The van der Waals surface area contributed by atoms with Gasteiger partial charge in [0.25, 0.3) is 0 Å². The fraction of sp³-hybridized carbons (Fsp3) is 0. The summed E-state index contributed by atoms with van der Waals surface area (Å²) >= 11 is 0. The predicted octanol–water partition coefficient (Wildman–Crippen LogP) is 0.244. The molecule has 0 saturated carbocycles. The number of anilines is 1.